The molecule has 1 aliphatic heterocycles. The van der Waals surface area contributed by atoms with Gasteiger partial charge in [-0.05, 0) is 36.3 Å². The van der Waals surface area contributed by atoms with Crippen molar-refractivity contribution in [1.29, 1.82) is 0 Å². The highest BCUT2D eigenvalue weighted by atomic mass is 16.6. The predicted molar refractivity (Wildman–Crippen MR) is 130 cm³/mol. The number of aromatic hydroxyl groups is 1. The van der Waals surface area contributed by atoms with Gasteiger partial charge in [-0.2, -0.15) is 0 Å². The summed E-state index contributed by atoms with van der Waals surface area (Å²) in [5.41, 5.74) is 1.18. The molecule has 2 atom stereocenters. The molecule has 3 aromatic carbocycles. The highest BCUT2D eigenvalue weighted by Gasteiger charge is 2.40. The third-order valence-corrected chi connectivity index (χ3v) is 6.43. The maximum absolute atomic E-state index is 13.2. The Kier molecular flexibility index (Phi) is 6.23. The fourth-order valence-corrected chi connectivity index (χ4v) is 4.69. The average Bonchev–Trinajstić information content (AvgIpc) is 3.49. The number of amides is 1. The molecule has 0 aliphatic carbocycles. The molecule has 1 N–H and O–H groups in total. The zero-order valence-corrected chi connectivity index (χ0v) is 19.4. The molecule has 5 rings (SSSR count). The minimum atomic E-state index is -0.474. The summed E-state index contributed by atoms with van der Waals surface area (Å²) in [7, 11) is 0. The topological polar surface area (TPSA) is 92.9 Å². The first-order chi connectivity index (χ1) is 17.0. The number of phenols is 1. The molecule has 4 aromatic rings. The summed E-state index contributed by atoms with van der Waals surface area (Å²) in [6.45, 7) is 2.29. The van der Waals surface area contributed by atoms with Crippen LogP contribution in [-0.2, 0) is 11.3 Å². The Hall–Kier alpha value is -4.13. The molecule has 0 radical (unpaired) electrons. The third-order valence-electron chi connectivity index (χ3n) is 6.43. The second-order valence-electron chi connectivity index (χ2n) is 8.93. The molecule has 178 valence electrons. The molecule has 0 saturated carbocycles. The molecular weight excluding hydrogens is 444 g/mol. The van der Waals surface area contributed by atoms with Crippen LogP contribution in [0.2, 0.25) is 0 Å². The van der Waals surface area contributed by atoms with E-state index in [-0.39, 0.29) is 36.0 Å². The minimum Gasteiger partial charge on any atom is -0.507 e. The maximum Gasteiger partial charge on any atom is 0.410 e. The van der Waals surface area contributed by atoms with Gasteiger partial charge in [0.25, 0.3) is 0 Å². The van der Waals surface area contributed by atoms with Gasteiger partial charge in [0.2, 0.25) is 5.89 Å². The van der Waals surface area contributed by atoms with Crippen molar-refractivity contribution < 1.29 is 23.8 Å². The molecule has 1 amide bonds. The second-order valence-corrected chi connectivity index (χ2v) is 8.93. The fraction of sp³-hybridized carbons (Fsp3) is 0.250. The monoisotopic (exact) mass is 470 g/mol. The lowest BCUT2D eigenvalue weighted by Gasteiger charge is -2.21. The SMILES string of the molecule is Cc1cnc([C@@H]2C[C@H](CC(=O)c3ccc4ccccc4c3O)CN2C(=O)OCc2ccccc2)o1. The van der Waals surface area contributed by atoms with Gasteiger partial charge in [-0.1, -0.05) is 60.7 Å². The number of fused-ring (bicyclic) bond motifs is 1. The Morgan fingerprint density at radius 1 is 1.09 bits per heavy atom. The first-order valence-corrected chi connectivity index (χ1v) is 11.6. The van der Waals surface area contributed by atoms with Gasteiger partial charge in [0.1, 0.15) is 24.2 Å². The molecule has 1 aromatic heterocycles. The van der Waals surface area contributed by atoms with Crippen molar-refractivity contribution in [2.45, 2.75) is 32.4 Å². The summed E-state index contributed by atoms with van der Waals surface area (Å²) in [5, 5.41) is 12.2. The van der Waals surface area contributed by atoms with Gasteiger partial charge in [-0.3, -0.25) is 9.69 Å². The van der Waals surface area contributed by atoms with Crippen LogP contribution < -0.4 is 0 Å². The van der Waals surface area contributed by atoms with E-state index in [1.165, 1.54) is 0 Å². The first-order valence-electron chi connectivity index (χ1n) is 11.6. The van der Waals surface area contributed by atoms with Crippen LogP contribution >= 0.6 is 0 Å². The Morgan fingerprint density at radius 3 is 2.63 bits per heavy atom. The Balaban J connectivity index is 1.33. The lowest BCUT2D eigenvalue weighted by Crippen LogP contribution is -2.32. The number of carbonyl (C=O) groups excluding carboxylic acids is 2. The van der Waals surface area contributed by atoms with Gasteiger partial charge >= 0.3 is 6.09 Å². The van der Waals surface area contributed by atoms with E-state index in [1.54, 1.807) is 30.2 Å². The normalized spacial score (nSPS) is 17.6. The fourth-order valence-electron chi connectivity index (χ4n) is 4.69. The minimum absolute atomic E-state index is 0.00917. The molecule has 1 fully saturated rings. The van der Waals surface area contributed by atoms with E-state index in [9.17, 15) is 14.7 Å². The van der Waals surface area contributed by atoms with Crippen LogP contribution in [0.5, 0.6) is 5.75 Å². The van der Waals surface area contributed by atoms with Crippen LogP contribution in [0.15, 0.2) is 77.3 Å². The summed E-state index contributed by atoms with van der Waals surface area (Å²) in [6.07, 6.45) is 1.85. The van der Waals surface area contributed by atoms with Crippen LogP contribution in [0.3, 0.4) is 0 Å². The molecule has 7 nitrogen and oxygen atoms in total. The number of ketones is 1. The summed E-state index contributed by atoms with van der Waals surface area (Å²) < 4.78 is 11.3. The van der Waals surface area contributed by atoms with E-state index in [0.717, 1.165) is 10.9 Å². The number of rotatable bonds is 6. The van der Waals surface area contributed by atoms with Crippen LogP contribution in [0.25, 0.3) is 10.8 Å². The molecular formula is C28H26N2O5. The number of oxazole rings is 1. The largest absolute Gasteiger partial charge is 0.507 e. The van der Waals surface area contributed by atoms with Crippen molar-refractivity contribution in [3.8, 4) is 5.75 Å². The summed E-state index contributed by atoms with van der Waals surface area (Å²) in [5.74, 6) is 0.779. The number of phenolic OH excluding ortho intramolecular Hbond substituents is 1. The van der Waals surface area contributed by atoms with Crippen LogP contribution in [0.4, 0.5) is 4.79 Å². The Bertz CT molecular complexity index is 1360. The zero-order chi connectivity index (χ0) is 24.4. The van der Waals surface area contributed by atoms with Gasteiger partial charge in [0.15, 0.2) is 5.78 Å². The number of likely N-dealkylation sites (tertiary alicyclic amines) is 1. The molecule has 0 unspecified atom stereocenters. The van der Waals surface area contributed by atoms with Gasteiger partial charge < -0.3 is 14.3 Å². The number of aromatic nitrogens is 1. The van der Waals surface area contributed by atoms with Gasteiger partial charge in [-0.25, -0.2) is 9.78 Å². The lowest BCUT2D eigenvalue weighted by molar-refractivity contribution is 0.0857. The molecule has 1 saturated heterocycles. The number of nitrogens with zero attached hydrogens (tertiary/aromatic N) is 2. The van der Waals surface area contributed by atoms with E-state index >= 15 is 0 Å². The van der Waals surface area contributed by atoms with Gasteiger partial charge in [0.05, 0.1) is 11.8 Å². The summed E-state index contributed by atoms with van der Waals surface area (Å²) in [4.78, 5) is 32.1. The Labute approximate surface area is 203 Å². The molecule has 2 heterocycles. The molecule has 35 heavy (non-hydrogen) atoms. The first kappa shape index (κ1) is 22.7. The van der Waals surface area contributed by atoms with Crippen molar-refractivity contribution in [3.05, 3.63) is 95.7 Å². The van der Waals surface area contributed by atoms with Crippen LogP contribution in [0, 0.1) is 12.8 Å². The van der Waals surface area contributed by atoms with E-state index in [0.29, 0.717) is 30.0 Å². The van der Waals surface area contributed by atoms with Crippen molar-refractivity contribution in [2.75, 3.05) is 6.54 Å². The van der Waals surface area contributed by atoms with Crippen molar-refractivity contribution in [3.63, 3.8) is 0 Å². The number of hydrogen-bond donors (Lipinski definition) is 1. The standard InChI is InChI=1S/C28H26N2O5/c1-18-15-29-27(35-18)24-13-20(16-30(24)28(33)34-17-19-7-3-2-4-8-19)14-25(31)23-12-11-21-9-5-6-10-22(21)26(23)32/h2-12,15,20,24,32H,13-14,16-17H2,1H3/t20-,24+/m1/s1. The number of aryl methyl sites for hydroxylation is 1. The van der Waals surface area contributed by atoms with E-state index in [2.05, 4.69) is 4.98 Å². The van der Waals surface area contributed by atoms with Crippen molar-refractivity contribution in [1.82, 2.24) is 9.88 Å². The smallest absolute Gasteiger partial charge is 0.410 e. The van der Waals surface area contributed by atoms with Gasteiger partial charge in [-0.15, -0.1) is 0 Å². The number of ether oxygens (including phenoxy) is 1. The molecule has 1 aliphatic rings. The number of carbonyl (C=O) groups is 2. The molecule has 7 heteroatoms. The van der Waals surface area contributed by atoms with Gasteiger partial charge in [0, 0.05) is 18.4 Å². The third kappa shape index (κ3) is 4.75. The zero-order valence-electron chi connectivity index (χ0n) is 19.4. The van der Waals surface area contributed by atoms with Crippen LogP contribution in [-0.4, -0.2) is 33.4 Å². The summed E-state index contributed by atoms with van der Waals surface area (Å²) in [6, 6.07) is 19.9. The van der Waals surface area contributed by atoms with Crippen LogP contribution in [0.1, 0.15) is 46.5 Å². The maximum atomic E-state index is 13.2. The molecule has 0 bridgehead atoms. The lowest BCUT2D eigenvalue weighted by atomic mass is 9.94. The Morgan fingerprint density at radius 2 is 1.86 bits per heavy atom. The quantitative estimate of drug-likeness (QED) is 0.357. The number of hydrogen-bond acceptors (Lipinski definition) is 6. The van der Waals surface area contributed by atoms with E-state index < -0.39 is 12.1 Å². The highest BCUT2D eigenvalue weighted by molar-refractivity contribution is 6.04. The second kappa shape index (κ2) is 9.62. The number of benzene rings is 3. The van der Waals surface area contributed by atoms with E-state index in [4.69, 9.17) is 9.15 Å². The van der Waals surface area contributed by atoms with Crippen molar-refractivity contribution >= 4 is 22.6 Å². The molecule has 0 spiro atoms. The highest BCUT2D eigenvalue weighted by Crippen LogP contribution is 2.39. The summed E-state index contributed by atoms with van der Waals surface area (Å²) >= 11 is 0. The van der Waals surface area contributed by atoms with E-state index in [1.807, 2.05) is 54.6 Å². The predicted octanol–water partition coefficient (Wildman–Crippen LogP) is 5.81. The average molecular weight is 471 g/mol. The number of Topliss-reactive ketones (excluding diaryl/α,β-unsaturated/α-hetero) is 1. The van der Waals surface area contributed by atoms with Crippen molar-refractivity contribution in [2.24, 2.45) is 5.92 Å².